The molecule has 0 fully saturated rings. The molecule has 5 nitrogen and oxygen atoms in total. The Labute approximate surface area is 194 Å². The molecule has 0 spiro atoms. The Bertz CT molecular complexity index is 852. The molecule has 2 unspecified atom stereocenters. The van der Waals surface area contributed by atoms with E-state index in [1.54, 1.807) is 11.9 Å². The van der Waals surface area contributed by atoms with Crippen LogP contribution < -0.4 is 5.32 Å². The third-order valence-electron chi connectivity index (χ3n) is 5.82. The number of nitrogens with one attached hydrogen (secondary N) is 1. The van der Waals surface area contributed by atoms with Crippen LogP contribution in [0.2, 0.25) is 0 Å². The van der Waals surface area contributed by atoms with Gasteiger partial charge in [-0.05, 0) is 54.5 Å². The first-order valence-corrected chi connectivity index (χ1v) is 11.4. The van der Waals surface area contributed by atoms with Crippen LogP contribution in [0.4, 0.5) is 0 Å². The van der Waals surface area contributed by atoms with E-state index >= 15 is 0 Å². The maximum atomic E-state index is 13.0. The van der Waals surface area contributed by atoms with Crippen LogP contribution in [0.5, 0.6) is 0 Å². The molecule has 2 N–H and O–H groups in total. The topological polar surface area (TPSA) is 61.8 Å². The molecule has 1 amide bonds. The highest BCUT2D eigenvalue weighted by molar-refractivity contribution is 9.10. The van der Waals surface area contributed by atoms with Gasteiger partial charge in [-0.3, -0.25) is 4.79 Å². The van der Waals surface area contributed by atoms with E-state index in [0.717, 1.165) is 21.2 Å². The van der Waals surface area contributed by atoms with Crippen LogP contribution >= 0.6 is 15.9 Å². The van der Waals surface area contributed by atoms with Crippen molar-refractivity contribution in [2.75, 3.05) is 7.05 Å². The molecule has 0 heterocycles. The SMILES string of the molecule is CNC(=O)[C@H](Cc1ccc(Br)cc1C)N(C(O)OCc1ccccc1)C(C)C(C)(C)C. The number of aliphatic hydroxyl groups is 1. The largest absolute Gasteiger partial charge is 0.358 e. The molecule has 0 aliphatic carbocycles. The molecule has 3 atom stereocenters. The number of benzene rings is 2. The molecule has 170 valence electrons. The van der Waals surface area contributed by atoms with E-state index in [0.29, 0.717) is 6.42 Å². The molecule has 0 saturated heterocycles. The van der Waals surface area contributed by atoms with E-state index in [9.17, 15) is 9.90 Å². The summed E-state index contributed by atoms with van der Waals surface area (Å²) in [5.41, 5.74) is 2.92. The van der Waals surface area contributed by atoms with Gasteiger partial charge in [0.2, 0.25) is 12.3 Å². The van der Waals surface area contributed by atoms with Crippen LogP contribution in [-0.2, 0) is 22.6 Å². The highest BCUT2D eigenvalue weighted by Crippen LogP contribution is 2.29. The fourth-order valence-electron chi connectivity index (χ4n) is 3.49. The Morgan fingerprint density at radius 3 is 2.39 bits per heavy atom. The number of halogens is 1. The van der Waals surface area contributed by atoms with Gasteiger partial charge >= 0.3 is 0 Å². The van der Waals surface area contributed by atoms with Crippen molar-refractivity contribution in [3.05, 3.63) is 69.7 Å². The number of rotatable bonds is 9. The minimum absolute atomic E-state index is 0.128. The number of hydrogen-bond acceptors (Lipinski definition) is 4. The van der Waals surface area contributed by atoms with Crippen molar-refractivity contribution in [2.45, 2.75) is 66.1 Å². The monoisotopic (exact) mass is 490 g/mol. The van der Waals surface area contributed by atoms with E-state index in [1.165, 1.54) is 0 Å². The van der Waals surface area contributed by atoms with Crippen LogP contribution in [0.15, 0.2) is 53.0 Å². The number of hydrogen-bond donors (Lipinski definition) is 2. The van der Waals surface area contributed by atoms with E-state index in [2.05, 4.69) is 42.0 Å². The average Bonchev–Trinajstić information content (AvgIpc) is 2.72. The van der Waals surface area contributed by atoms with Gasteiger partial charge in [0.25, 0.3) is 0 Å². The summed E-state index contributed by atoms with van der Waals surface area (Å²) in [6.45, 7) is 10.6. The molecule has 2 aromatic carbocycles. The van der Waals surface area contributed by atoms with Gasteiger partial charge < -0.3 is 15.2 Å². The zero-order chi connectivity index (χ0) is 23.2. The van der Waals surface area contributed by atoms with Crippen molar-refractivity contribution in [1.29, 1.82) is 0 Å². The summed E-state index contributed by atoms with van der Waals surface area (Å²) in [4.78, 5) is 14.8. The summed E-state index contributed by atoms with van der Waals surface area (Å²) in [6.07, 6.45) is -0.766. The summed E-state index contributed by atoms with van der Waals surface area (Å²) in [7, 11) is 1.63. The second-order valence-electron chi connectivity index (χ2n) is 9.02. The lowest BCUT2D eigenvalue weighted by Gasteiger charge is -2.44. The lowest BCUT2D eigenvalue weighted by molar-refractivity contribution is -0.231. The molecule has 0 bridgehead atoms. The van der Waals surface area contributed by atoms with Gasteiger partial charge in [0.05, 0.1) is 12.6 Å². The Hall–Kier alpha value is -1.73. The molecule has 0 radical (unpaired) electrons. The number of ether oxygens (including phenoxy) is 1. The Balaban J connectivity index is 2.36. The summed E-state index contributed by atoms with van der Waals surface area (Å²) < 4.78 is 6.86. The van der Waals surface area contributed by atoms with Crippen LogP contribution in [0.3, 0.4) is 0 Å². The molecule has 0 aromatic heterocycles. The van der Waals surface area contributed by atoms with Gasteiger partial charge in [-0.15, -0.1) is 0 Å². The smallest absolute Gasteiger partial charge is 0.237 e. The first-order chi connectivity index (χ1) is 14.5. The third-order valence-corrected chi connectivity index (χ3v) is 6.32. The zero-order valence-electron chi connectivity index (χ0n) is 19.4. The van der Waals surface area contributed by atoms with Crippen molar-refractivity contribution in [1.82, 2.24) is 10.2 Å². The van der Waals surface area contributed by atoms with E-state index < -0.39 is 12.5 Å². The van der Waals surface area contributed by atoms with Gasteiger partial charge in [0.1, 0.15) is 0 Å². The van der Waals surface area contributed by atoms with Gasteiger partial charge in [0.15, 0.2) is 0 Å². The number of aryl methyl sites for hydroxylation is 1. The van der Waals surface area contributed by atoms with Crippen molar-refractivity contribution < 1.29 is 14.6 Å². The number of carbonyl (C=O) groups excluding carboxylic acids is 1. The summed E-state index contributed by atoms with van der Waals surface area (Å²) in [6, 6.07) is 15.0. The van der Waals surface area contributed by atoms with Gasteiger partial charge in [0, 0.05) is 17.6 Å². The number of carbonyl (C=O) groups is 1. The Kier molecular flexibility index (Phi) is 9.25. The molecule has 0 aliphatic rings. The quantitative estimate of drug-likeness (QED) is 0.502. The first kappa shape index (κ1) is 25.5. The summed E-state index contributed by atoms with van der Waals surface area (Å²) in [5.74, 6) is -0.152. The van der Waals surface area contributed by atoms with E-state index in [1.807, 2.05) is 62.4 Å². The van der Waals surface area contributed by atoms with Crippen molar-refractivity contribution in [2.24, 2.45) is 5.41 Å². The van der Waals surface area contributed by atoms with Crippen molar-refractivity contribution in [3.63, 3.8) is 0 Å². The molecular formula is C25H35BrN2O3. The van der Waals surface area contributed by atoms with Crippen LogP contribution in [0.1, 0.15) is 44.4 Å². The molecule has 6 heteroatoms. The standard InChI is InChI=1S/C25H35BrN2O3/c1-17-14-21(26)13-12-20(17)15-22(23(29)27-6)28(18(2)25(3,4)5)24(30)31-16-19-10-8-7-9-11-19/h7-14,18,22,24,30H,15-16H2,1-6H3,(H,27,29)/t18?,22-,24?/m0/s1. The molecular weight excluding hydrogens is 456 g/mol. The molecule has 31 heavy (non-hydrogen) atoms. The fraction of sp³-hybridized carbons (Fsp3) is 0.480. The number of nitrogens with zero attached hydrogens (tertiary/aromatic N) is 1. The second-order valence-corrected chi connectivity index (χ2v) is 9.93. The molecule has 0 aliphatic heterocycles. The minimum atomic E-state index is -1.23. The number of aliphatic hydroxyl groups excluding tert-OH is 1. The minimum Gasteiger partial charge on any atom is -0.358 e. The molecule has 2 aromatic rings. The van der Waals surface area contributed by atoms with Gasteiger partial charge in [-0.25, -0.2) is 4.90 Å². The van der Waals surface area contributed by atoms with Crippen LogP contribution in [0.25, 0.3) is 0 Å². The van der Waals surface area contributed by atoms with Crippen molar-refractivity contribution >= 4 is 21.8 Å². The number of likely N-dealkylation sites (N-methyl/N-ethyl adjacent to an activating group) is 1. The molecule has 0 saturated carbocycles. The zero-order valence-corrected chi connectivity index (χ0v) is 20.9. The summed E-state index contributed by atoms with van der Waals surface area (Å²) in [5, 5.41) is 13.9. The maximum absolute atomic E-state index is 13.0. The first-order valence-electron chi connectivity index (χ1n) is 10.6. The average molecular weight is 491 g/mol. The van der Waals surface area contributed by atoms with Crippen LogP contribution in [-0.4, -0.2) is 41.5 Å². The number of amides is 1. The molecule has 2 rings (SSSR count). The van der Waals surface area contributed by atoms with Gasteiger partial charge in [-0.2, -0.15) is 0 Å². The lowest BCUT2D eigenvalue weighted by atomic mass is 9.85. The Morgan fingerprint density at radius 2 is 1.84 bits per heavy atom. The lowest BCUT2D eigenvalue weighted by Crippen LogP contribution is -2.59. The van der Waals surface area contributed by atoms with E-state index in [-0.39, 0.29) is 24.0 Å². The van der Waals surface area contributed by atoms with E-state index in [4.69, 9.17) is 4.74 Å². The predicted molar refractivity (Wildman–Crippen MR) is 128 cm³/mol. The van der Waals surface area contributed by atoms with Crippen molar-refractivity contribution in [3.8, 4) is 0 Å². The van der Waals surface area contributed by atoms with Crippen LogP contribution in [0, 0.1) is 12.3 Å². The third kappa shape index (κ3) is 7.14. The normalized spacial score (nSPS) is 14.9. The highest BCUT2D eigenvalue weighted by atomic mass is 79.9. The van der Waals surface area contributed by atoms with Gasteiger partial charge in [-0.1, -0.05) is 73.1 Å². The Morgan fingerprint density at radius 1 is 1.19 bits per heavy atom. The predicted octanol–water partition coefficient (Wildman–Crippen LogP) is 4.64. The maximum Gasteiger partial charge on any atom is 0.237 e. The summed E-state index contributed by atoms with van der Waals surface area (Å²) >= 11 is 3.50. The second kappa shape index (κ2) is 11.2. The fourth-order valence-corrected chi connectivity index (χ4v) is 3.97. The highest BCUT2D eigenvalue weighted by Gasteiger charge is 2.39.